The molecule has 0 radical (unpaired) electrons. The van der Waals surface area contributed by atoms with Crippen molar-refractivity contribution in [1.82, 2.24) is 35.3 Å². The molecule has 1 aromatic carbocycles. The van der Waals surface area contributed by atoms with Crippen molar-refractivity contribution in [1.29, 1.82) is 0 Å². The Bertz CT molecular complexity index is 1090. The van der Waals surface area contributed by atoms with E-state index in [0.29, 0.717) is 36.7 Å². The minimum Gasteiger partial charge on any atom is -0.367 e. The number of anilines is 1. The van der Waals surface area contributed by atoms with Gasteiger partial charge in [0, 0.05) is 44.7 Å². The molecule has 12 heteroatoms. The first-order valence-corrected chi connectivity index (χ1v) is 10.6. The molecule has 2 saturated heterocycles. The highest BCUT2D eigenvalue weighted by Gasteiger charge is 2.40. The highest BCUT2D eigenvalue weighted by molar-refractivity contribution is 6.05. The van der Waals surface area contributed by atoms with Gasteiger partial charge in [-0.2, -0.15) is 4.80 Å². The number of benzene rings is 1. The molecule has 1 unspecified atom stereocenters. The average molecular weight is 442 g/mol. The Kier molecular flexibility index (Phi) is 5.08. The van der Waals surface area contributed by atoms with Gasteiger partial charge in [-0.25, -0.2) is 4.39 Å². The number of carbonyl (C=O) groups excluding carboxylic acids is 3. The summed E-state index contributed by atoms with van der Waals surface area (Å²) >= 11 is 0. The fraction of sp³-hybridized carbons (Fsp3) is 0.500. The summed E-state index contributed by atoms with van der Waals surface area (Å²) in [5.74, 6) is -0.987. The van der Waals surface area contributed by atoms with E-state index < -0.39 is 17.8 Å². The van der Waals surface area contributed by atoms with Crippen molar-refractivity contribution in [2.75, 3.05) is 31.1 Å². The SMILES string of the molecule is Cn1nnc(CN2CCN(c3cc4c(cc3F)C(=O)N(C3CCC(=O)NC3=O)C4)CC2)n1. The number of piperazine rings is 1. The molecule has 168 valence electrons. The summed E-state index contributed by atoms with van der Waals surface area (Å²) in [6.45, 7) is 3.50. The zero-order chi connectivity index (χ0) is 22.4. The molecule has 3 aliphatic heterocycles. The summed E-state index contributed by atoms with van der Waals surface area (Å²) in [5, 5.41) is 14.3. The van der Waals surface area contributed by atoms with E-state index in [-0.39, 0.29) is 36.8 Å². The zero-order valence-corrected chi connectivity index (χ0v) is 17.6. The molecule has 32 heavy (non-hydrogen) atoms. The van der Waals surface area contributed by atoms with Gasteiger partial charge in [-0.3, -0.25) is 24.6 Å². The molecule has 1 atom stereocenters. The second kappa shape index (κ2) is 7.93. The highest BCUT2D eigenvalue weighted by atomic mass is 19.1. The summed E-state index contributed by atoms with van der Waals surface area (Å²) in [4.78, 5) is 43.5. The fourth-order valence-electron chi connectivity index (χ4n) is 4.55. The van der Waals surface area contributed by atoms with E-state index >= 15 is 0 Å². The molecular formula is C20H23FN8O3. The van der Waals surface area contributed by atoms with Crippen molar-refractivity contribution in [2.45, 2.75) is 32.0 Å². The Labute approximate surface area is 183 Å². The van der Waals surface area contributed by atoms with Crippen LogP contribution in [0.5, 0.6) is 0 Å². The molecule has 3 aliphatic rings. The number of aryl methyl sites for hydroxylation is 1. The zero-order valence-electron chi connectivity index (χ0n) is 17.6. The first kappa shape index (κ1) is 20.5. The number of amides is 3. The number of piperidine rings is 1. The van der Waals surface area contributed by atoms with Gasteiger partial charge in [0.25, 0.3) is 5.91 Å². The van der Waals surface area contributed by atoms with E-state index in [1.165, 1.54) is 15.8 Å². The minimum atomic E-state index is -0.711. The Balaban J connectivity index is 1.27. The van der Waals surface area contributed by atoms with Crippen LogP contribution >= 0.6 is 0 Å². The lowest BCUT2D eigenvalue weighted by Crippen LogP contribution is -2.52. The molecule has 11 nitrogen and oxygen atoms in total. The molecule has 2 fully saturated rings. The first-order valence-electron chi connectivity index (χ1n) is 10.6. The number of nitrogens with one attached hydrogen (secondary N) is 1. The van der Waals surface area contributed by atoms with Gasteiger partial charge in [0.2, 0.25) is 11.8 Å². The normalized spacial score (nSPS) is 21.8. The summed E-state index contributed by atoms with van der Waals surface area (Å²) in [7, 11) is 1.72. The van der Waals surface area contributed by atoms with Gasteiger partial charge >= 0.3 is 0 Å². The van der Waals surface area contributed by atoms with Crippen LogP contribution in [0.4, 0.5) is 10.1 Å². The molecule has 5 rings (SSSR count). The number of tetrazole rings is 1. The summed E-state index contributed by atoms with van der Waals surface area (Å²) in [5.41, 5.74) is 1.43. The molecule has 0 bridgehead atoms. The molecule has 0 saturated carbocycles. The van der Waals surface area contributed by atoms with E-state index in [0.717, 1.165) is 13.1 Å². The van der Waals surface area contributed by atoms with Gasteiger partial charge in [0.1, 0.15) is 11.9 Å². The number of hydrogen-bond acceptors (Lipinski definition) is 8. The summed E-state index contributed by atoms with van der Waals surface area (Å²) < 4.78 is 15.0. The third-order valence-corrected chi connectivity index (χ3v) is 6.22. The summed E-state index contributed by atoms with van der Waals surface area (Å²) in [6.07, 6.45) is 0.465. The topological polar surface area (TPSA) is 117 Å². The monoisotopic (exact) mass is 442 g/mol. The number of rotatable bonds is 4. The van der Waals surface area contributed by atoms with Crippen LogP contribution in [-0.4, -0.2) is 79.9 Å². The molecule has 2 aromatic rings. The van der Waals surface area contributed by atoms with Gasteiger partial charge in [-0.1, -0.05) is 0 Å². The largest absolute Gasteiger partial charge is 0.367 e. The van der Waals surface area contributed by atoms with Gasteiger partial charge in [-0.15, -0.1) is 10.2 Å². The standard InChI is InChI=1S/C20H23FN8O3/c1-26-24-17(23-25-26)11-27-4-6-28(7-5-27)16-8-12-10-29(20(32)13(12)9-14(16)21)15-2-3-18(30)22-19(15)31/h8-9,15H,2-7,10-11H2,1H3,(H,22,30,31). The lowest BCUT2D eigenvalue weighted by Gasteiger charge is -2.35. The minimum absolute atomic E-state index is 0.185. The highest BCUT2D eigenvalue weighted by Crippen LogP contribution is 2.33. The van der Waals surface area contributed by atoms with E-state index in [2.05, 4.69) is 25.6 Å². The van der Waals surface area contributed by atoms with E-state index in [1.807, 2.05) is 4.90 Å². The maximum atomic E-state index is 15.0. The van der Waals surface area contributed by atoms with Gasteiger partial charge < -0.3 is 9.80 Å². The maximum absolute atomic E-state index is 15.0. The molecule has 0 spiro atoms. The van der Waals surface area contributed by atoms with Crippen LogP contribution in [0.1, 0.15) is 34.6 Å². The van der Waals surface area contributed by atoms with Crippen LogP contribution in [0.15, 0.2) is 12.1 Å². The van der Waals surface area contributed by atoms with E-state index in [9.17, 15) is 18.8 Å². The third-order valence-electron chi connectivity index (χ3n) is 6.22. The van der Waals surface area contributed by atoms with E-state index in [1.54, 1.807) is 13.1 Å². The molecule has 1 N–H and O–H groups in total. The number of nitrogens with zero attached hydrogens (tertiary/aromatic N) is 7. The van der Waals surface area contributed by atoms with Crippen LogP contribution < -0.4 is 10.2 Å². The predicted molar refractivity (Wildman–Crippen MR) is 109 cm³/mol. The number of carbonyl (C=O) groups is 3. The van der Waals surface area contributed by atoms with Crippen molar-refractivity contribution in [3.63, 3.8) is 0 Å². The third kappa shape index (κ3) is 3.70. The smallest absolute Gasteiger partial charge is 0.255 e. The van der Waals surface area contributed by atoms with Crippen molar-refractivity contribution >= 4 is 23.4 Å². The van der Waals surface area contributed by atoms with Crippen molar-refractivity contribution < 1.29 is 18.8 Å². The number of fused-ring (bicyclic) bond motifs is 1. The fourth-order valence-corrected chi connectivity index (χ4v) is 4.55. The van der Waals surface area contributed by atoms with Crippen LogP contribution in [-0.2, 0) is 29.7 Å². The van der Waals surface area contributed by atoms with Crippen molar-refractivity contribution in [2.24, 2.45) is 7.05 Å². The Morgan fingerprint density at radius 3 is 2.62 bits per heavy atom. The number of aromatic nitrogens is 4. The van der Waals surface area contributed by atoms with Gasteiger partial charge in [0.15, 0.2) is 5.82 Å². The van der Waals surface area contributed by atoms with Crippen LogP contribution in [0.2, 0.25) is 0 Å². The number of imide groups is 1. The number of halogens is 1. The van der Waals surface area contributed by atoms with E-state index in [4.69, 9.17) is 0 Å². The van der Waals surface area contributed by atoms with Crippen LogP contribution in [0.3, 0.4) is 0 Å². The van der Waals surface area contributed by atoms with Crippen LogP contribution in [0, 0.1) is 5.82 Å². The molecular weight excluding hydrogens is 419 g/mol. The molecule has 3 amide bonds. The Morgan fingerprint density at radius 2 is 1.94 bits per heavy atom. The molecule has 4 heterocycles. The maximum Gasteiger partial charge on any atom is 0.255 e. The number of hydrogen-bond donors (Lipinski definition) is 1. The Morgan fingerprint density at radius 1 is 1.16 bits per heavy atom. The van der Waals surface area contributed by atoms with Crippen LogP contribution in [0.25, 0.3) is 0 Å². The Hall–Kier alpha value is -3.41. The van der Waals surface area contributed by atoms with Gasteiger partial charge in [-0.05, 0) is 29.3 Å². The second-order valence-corrected chi connectivity index (χ2v) is 8.32. The van der Waals surface area contributed by atoms with Gasteiger partial charge in [0.05, 0.1) is 19.3 Å². The quantitative estimate of drug-likeness (QED) is 0.626. The molecule has 0 aliphatic carbocycles. The first-order chi connectivity index (χ1) is 15.4. The molecule has 1 aromatic heterocycles. The summed E-state index contributed by atoms with van der Waals surface area (Å²) in [6, 6.07) is 2.28. The van der Waals surface area contributed by atoms with Crippen molar-refractivity contribution in [3.05, 3.63) is 34.9 Å². The average Bonchev–Trinajstić information content (AvgIpc) is 3.31. The lowest BCUT2D eigenvalue weighted by atomic mass is 10.0. The van der Waals surface area contributed by atoms with Crippen molar-refractivity contribution in [3.8, 4) is 0 Å². The second-order valence-electron chi connectivity index (χ2n) is 8.32. The predicted octanol–water partition coefficient (Wildman–Crippen LogP) is -0.568. The lowest BCUT2D eigenvalue weighted by molar-refractivity contribution is -0.136.